The molecule has 7 atom stereocenters. The molecule has 1 saturated heterocycles. The Labute approximate surface area is 198 Å². The molecule has 0 aromatic heterocycles. The zero-order valence-electron chi connectivity index (χ0n) is 20.5. The number of rotatable bonds is 16. The molecule has 1 fully saturated rings. The van der Waals surface area contributed by atoms with E-state index in [1.807, 2.05) is 0 Å². The predicted octanol–water partition coefficient (Wildman–Crippen LogP) is 1.94. The van der Waals surface area contributed by atoms with E-state index in [0.29, 0.717) is 6.42 Å². The van der Waals surface area contributed by atoms with Gasteiger partial charge in [-0.3, -0.25) is 0 Å². The van der Waals surface area contributed by atoms with Gasteiger partial charge in [0.2, 0.25) is 0 Å². The fraction of sp³-hybridized carbons (Fsp3) is 0.880. The number of hydrogen-bond acceptors (Lipinski definition) is 8. The highest BCUT2D eigenvalue weighted by atomic mass is 16.7. The van der Waals surface area contributed by atoms with E-state index < -0.39 is 49.5 Å². The summed E-state index contributed by atoms with van der Waals surface area (Å²) in [6.45, 7) is 5.73. The lowest BCUT2D eigenvalue weighted by atomic mass is 9.99. The van der Waals surface area contributed by atoms with Crippen molar-refractivity contribution >= 4 is 0 Å². The molecule has 0 aliphatic carbocycles. The Kier molecular flexibility index (Phi) is 15.4. The van der Waals surface area contributed by atoms with Crippen LogP contribution in [0.1, 0.15) is 85.0 Å². The number of unbranched alkanes of at least 4 members (excludes halogenated alkanes) is 6. The molecule has 0 aromatic rings. The first-order valence-electron chi connectivity index (χ1n) is 12.3. The van der Waals surface area contributed by atoms with Gasteiger partial charge in [0.05, 0.1) is 25.4 Å². The molecule has 0 aromatic carbocycles. The quantitative estimate of drug-likeness (QED) is 0.147. The summed E-state index contributed by atoms with van der Waals surface area (Å²) in [5.74, 6) is 0. The van der Waals surface area contributed by atoms with Crippen LogP contribution in [0.2, 0.25) is 0 Å². The third kappa shape index (κ3) is 11.9. The van der Waals surface area contributed by atoms with Gasteiger partial charge >= 0.3 is 0 Å². The largest absolute Gasteiger partial charge is 0.394 e. The van der Waals surface area contributed by atoms with Crippen LogP contribution >= 0.6 is 0 Å². The lowest BCUT2D eigenvalue weighted by molar-refractivity contribution is -0.302. The Morgan fingerprint density at radius 3 is 2.00 bits per heavy atom. The lowest BCUT2D eigenvalue weighted by Crippen LogP contribution is -2.59. The monoisotopic (exact) mass is 474 g/mol. The molecule has 1 rings (SSSR count). The summed E-state index contributed by atoms with van der Waals surface area (Å²) >= 11 is 0. The van der Waals surface area contributed by atoms with Gasteiger partial charge in [-0.25, -0.2) is 0 Å². The van der Waals surface area contributed by atoms with Gasteiger partial charge in [0.25, 0.3) is 0 Å². The highest BCUT2D eigenvalue weighted by Gasteiger charge is 2.44. The van der Waals surface area contributed by atoms with Gasteiger partial charge < -0.3 is 40.1 Å². The van der Waals surface area contributed by atoms with Crippen molar-refractivity contribution < 1.29 is 40.1 Å². The second-order valence-electron chi connectivity index (χ2n) is 9.41. The van der Waals surface area contributed by atoms with Crippen molar-refractivity contribution in [2.45, 2.75) is 128 Å². The van der Waals surface area contributed by atoms with Gasteiger partial charge in [0, 0.05) is 0 Å². The van der Waals surface area contributed by atoms with Crippen molar-refractivity contribution in [3.63, 3.8) is 0 Å². The number of ether oxygens (including phenoxy) is 2. The van der Waals surface area contributed by atoms with Crippen molar-refractivity contribution in [1.29, 1.82) is 0 Å². The van der Waals surface area contributed by atoms with E-state index >= 15 is 0 Å². The van der Waals surface area contributed by atoms with E-state index in [9.17, 15) is 30.6 Å². The maximum atomic E-state index is 10.1. The summed E-state index contributed by atoms with van der Waals surface area (Å²) in [5, 5.41) is 58.9. The normalized spacial score (nSPS) is 27.1. The molecule has 194 valence electrons. The van der Waals surface area contributed by atoms with Crippen molar-refractivity contribution in [3.05, 3.63) is 16.9 Å². The maximum Gasteiger partial charge on any atom is 0.186 e. The van der Waals surface area contributed by atoms with Crippen LogP contribution in [0.3, 0.4) is 0 Å². The number of aliphatic hydroxyl groups is 6. The summed E-state index contributed by atoms with van der Waals surface area (Å²) in [6.07, 6.45) is 1.04. The third-order valence-electron chi connectivity index (χ3n) is 6.00. The van der Waals surface area contributed by atoms with E-state index in [0.717, 1.165) is 25.7 Å². The molecule has 8 heteroatoms. The van der Waals surface area contributed by atoms with E-state index in [1.54, 1.807) is 0 Å². The molecule has 0 spiro atoms. The second-order valence-corrected chi connectivity index (χ2v) is 9.41. The van der Waals surface area contributed by atoms with Crippen LogP contribution in [0.25, 0.3) is 0 Å². The molecule has 1 aliphatic rings. The average Bonchev–Trinajstić information content (AvgIpc) is 2.77. The highest BCUT2D eigenvalue weighted by Crippen LogP contribution is 2.22. The predicted molar refractivity (Wildman–Crippen MR) is 125 cm³/mol. The topological polar surface area (TPSA) is 140 Å². The SMILES string of the molecule is CC(C)=C=C(C)CCCCCCCCCC(O)[C@@H](O)CCO[C@@H]1OC(CO)[C@@H](O)[C@H](O)C1O. The van der Waals surface area contributed by atoms with Gasteiger partial charge in [0.1, 0.15) is 24.4 Å². The Morgan fingerprint density at radius 1 is 0.818 bits per heavy atom. The fourth-order valence-corrected chi connectivity index (χ4v) is 4.01. The van der Waals surface area contributed by atoms with Crippen molar-refractivity contribution in [3.8, 4) is 0 Å². The number of aliphatic hydroxyl groups excluding tert-OH is 6. The Balaban J connectivity index is 2.10. The van der Waals surface area contributed by atoms with E-state index in [2.05, 4.69) is 26.5 Å². The molecule has 0 bridgehead atoms. The zero-order valence-corrected chi connectivity index (χ0v) is 20.5. The van der Waals surface area contributed by atoms with Gasteiger partial charge in [-0.05, 0) is 57.6 Å². The third-order valence-corrected chi connectivity index (χ3v) is 6.00. The van der Waals surface area contributed by atoms with Crippen LogP contribution in [0.4, 0.5) is 0 Å². The summed E-state index contributed by atoms with van der Waals surface area (Å²) in [6, 6.07) is 0. The first-order chi connectivity index (χ1) is 15.7. The van der Waals surface area contributed by atoms with Crippen LogP contribution in [0, 0.1) is 0 Å². The van der Waals surface area contributed by atoms with E-state index in [1.165, 1.54) is 36.8 Å². The summed E-state index contributed by atoms with van der Waals surface area (Å²) in [5.41, 5.74) is 5.90. The van der Waals surface area contributed by atoms with E-state index in [-0.39, 0.29) is 13.0 Å². The molecule has 1 aliphatic heterocycles. The van der Waals surface area contributed by atoms with Crippen LogP contribution in [0.15, 0.2) is 16.9 Å². The van der Waals surface area contributed by atoms with Gasteiger partial charge in [-0.15, -0.1) is 5.73 Å². The molecule has 0 saturated carbocycles. The second kappa shape index (κ2) is 16.8. The van der Waals surface area contributed by atoms with Crippen LogP contribution in [0.5, 0.6) is 0 Å². The molecule has 3 unspecified atom stereocenters. The molecule has 1 heterocycles. The Hall–Kier alpha value is -0.800. The first-order valence-corrected chi connectivity index (χ1v) is 12.3. The summed E-state index contributed by atoms with van der Waals surface area (Å²) < 4.78 is 10.6. The molecule has 8 nitrogen and oxygen atoms in total. The molecule has 33 heavy (non-hydrogen) atoms. The highest BCUT2D eigenvalue weighted by molar-refractivity contribution is 5.03. The fourth-order valence-electron chi connectivity index (χ4n) is 4.01. The molecular formula is C25H46O8. The van der Waals surface area contributed by atoms with Crippen molar-refractivity contribution in [2.24, 2.45) is 0 Å². The lowest BCUT2D eigenvalue weighted by Gasteiger charge is -2.39. The Bertz CT molecular complexity index is 583. The van der Waals surface area contributed by atoms with E-state index in [4.69, 9.17) is 9.47 Å². The van der Waals surface area contributed by atoms with Gasteiger partial charge in [0.15, 0.2) is 6.29 Å². The van der Waals surface area contributed by atoms with Gasteiger partial charge in [-0.1, -0.05) is 38.5 Å². The first kappa shape index (κ1) is 30.2. The molecule has 0 radical (unpaired) electrons. The summed E-state index contributed by atoms with van der Waals surface area (Å²) in [4.78, 5) is 0. The van der Waals surface area contributed by atoms with Crippen LogP contribution in [-0.4, -0.2) is 86.8 Å². The van der Waals surface area contributed by atoms with Crippen molar-refractivity contribution in [2.75, 3.05) is 13.2 Å². The van der Waals surface area contributed by atoms with Crippen molar-refractivity contribution in [1.82, 2.24) is 0 Å². The molecule has 0 amide bonds. The zero-order chi connectivity index (χ0) is 24.8. The smallest absolute Gasteiger partial charge is 0.186 e. The minimum atomic E-state index is -1.50. The minimum Gasteiger partial charge on any atom is -0.394 e. The van der Waals surface area contributed by atoms with Crippen LogP contribution < -0.4 is 0 Å². The number of allylic oxidation sites excluding steroid dienone is 1. The molecular weight excluding hydrogens is 428 g/mol. The molecule has 6 N–H and O–H groups in total. The Morgan fingerprint density at radius 2 is 1.39 bits per heavy atom. The van der Waals surface area contributed by atoms with Crippen LogP contribution in [-0.2, 0) is 9.47 Å². The summed E-state index contributed by atoms with van der Waals surface area (Å²) in [7, 11) is 0. The maximum absolute atomic E-state index is 10.1. The number of hydrogen-bond donors (Lipinski definition) is 6. The standard InChI is InChI=1S/C25H46O8/c1-17(2)15-18(3)11-9-7-5-4-6-8-10-12-19(27)20(28)13-14-32-25-24(31)23(30)22(29)21(16-26)33-25/h19-31H,4-14,16H2,1-3H3/t19?,20-,21?,22+,23-,24?,25+/m0/s1. The minimum absolute atomic E-state index is 0.0107. The van der Waals surface area contributed by atoms with Gasteiger partial charge in [-0.2, -0.15) is 0 Å². The average molecular weight is 475 g/mol.